The van der Waals surface area contributed by atoms with E-state index in [0.29, 0.717) is 6.10 Å². The molecule has 0 rings (SSSR count). The fraction of sp³-hybridized carbons (Fsp3) is 1.00. The monoisotopic (exact) mass is 164 g/mol. The molecular formula is C8H17ClO. The summed E-state index contributed by atoms with van der Waals surface area (Å²) >= 11 is 5.55. The summed E-state index contributed by atoms with van der Waals surface area (Å²) in [5.74, 6) is 0.754. The lowest BCUT2D eigenvalue weighted by atomic mass is 10.1. The molecule has 0 amide bonds. The molecule has 0 aliphatic heterocycles. The van der Waals surface area contributed by atoms with Crippen LogP contribution in [0.4, 0.5) is 0 Å². The summed E-state index contributed by atoms with van der Waals surface area (Å²) in [5, 5.41) is 0. The number of hydrogen-bond donors (Lipinski definition) is 0. The predicted molar refractivity (Wildman–Crippen MR) is 45.7 cm³/mol. The molecule has 0 spiro atoms. The Morgan fingerprint density at radius 3 is 2.50 bits per heavy atom. The van der Waals surface area contributed by atoms with Crippen LogP contribution in [0.3, 0.4) is 0 Å². The first-order valence-electron chi connectivity index (χ1n) is 3.93. The Kier molecular flexibility index (Phi) is 7.54. The van der Waals surface area contributed by atoms with Crippen LogP contribution in [0.1, 0.15) is 32.6 Å². The Morgan fingerprint density at radius 2 is 2.10 bits per heavy atom. The van der Waals surface area contributed by atoms with Crippen molar-refractivity contribution >= 4 is 11.6 Å². The van der Waals surface area contributed by atoms with E-state index < -0.39 is 0 Å². The molecule has 0 saturated heterocycles. The maximum absolute atomic E-state index is 5.55. The van der Waals surface area contributed by atoms with Crippen molar-refractivity contribution in [1.29, 1.82) is 0 Å². The molecule has 0 aromatic carbocycles. The number of ether oxygens (including phenoxy) is 1. The van der Waals surface area contributed by atoms with Gasteiger partial charge in [-0.1, -0.05) is 13.3 Å². The van der Waals surface area contributed by atoms with Crippen molar-refractivity contribution in [3.63, 3.8) is 0 Å². The zero-order valence-corrected chi connectivity index (χ0v) is 7.66. The van der Waals surface area contributed by atoms with E-state index in [2.05, 4.69) is 6.92 Å². The second kappa shape index (κ2) is 7.36. The van der Waals surface area contributed by atoms with E-state index in [1.165, 1.54) is 6.42 Å². The minimum absolute atomic E-state index is 0.434. The summed E-state index contributed by atoms with van der Waals surface area (Å²) in [4.78, 5) is 0. The summed E-state index contributed by atoms with van der Waals surface area (Å²) in [5.41, 5.74) is 0. The Morgan fingerprint density at radius 1 is 1.40 bits per heavy atom. The van der Waals surface area contributed by atoms with Gasteiger partial charge in [-0.05, 0) is 19.3 Å². The van der Waals surface area contributed by atoms with Crippen molar-refractivity contribution in [3.05, 3.63) is 0 Å². The molecule has 0 N–H and O–H groups in total. The SMILES string of the molecule is CCC[C@@H](CCCCl)OC. The quantitative estimate of drug-likeness (QED) is 0.549. The van der Waals surface area contributed by atoms with Crippen LogP contribution in [0.25, 0.3) is 0 Å². The molecule has 0 saturated carbocycles. The van der Waals surface area contributed by atoms with Gasteiger partial charge in [0, 0.05) is 13.0 Å². The standard InChI is InChI=1S/C8H17ClO/c1-3-5-8(10-2)6-4-7-9/h8H,3-7H2,1-2H3/t8-/m0/s1. The van der Waals surface area contributed by atoms with E-state index in [9.17, 15) is 0 Å². The zero-order valence-electron chi connectivity index (χ0n) is 6.90. The topological polar surface area (TPSA) is 9.23 Å². The van der Waals surface area contributed by atoms with Crippen LogP contribution in [0, 0.1) is 0 Å². The Bertz CT molecular complexity index is 66.3. The molecule has 2 heteroatoms. The molecule has 62 valence electrons. The van der Waals surface area contributed by atoms with Crippen molar-refractivity contribution < 1.29 is 4.74 Å². The molecule has 0 aliphatic carbocycles. The van der Waals surface area contributed by atoms with Gasteiger partial charge in [-0.15, -0.1) is 11.6 Å². The van der Waals surface area contributed by atoms with Gasteiger partial charge in [0.05, 0.1) is 6.10 Å². The molecule has 0 aromatic rings. The molecule has 1 atom stereocenters. The molecule has 0 bridgehead atoms. The molecule has 0 unspecified atom stereocenters. The van der Waals surface area contributed by atoms with E-state index in [1.54, 1.807) is 7.11 Å². The smallest absolute Gasteiger partial charge is 0.0571 e. The van der Waals surface area contributed by atoms with Gasteiger partial charge in [0.25, 0.3) is 0 Å². The highest BCUT2D eigenvalue weighted by Crippen LogP contribution is 2.08. The summed E-state index contributed by atoms with van der Waals surface area (Å²) in [6.07, 6.45) is 4.96. The van der Waals surface area contributed by atoms with Crippen molar-refractivity contribution in [2.45, 2.75) is 38.7 Å². The van der Waals surface area contributed by atoms with E-state index in [4.69, 9.17) is 16.3 Å². The zero-order chi connectivity index (χ0) is 7.82. The van der Waals surface area contributed by atoms with Gasteiger partial charge in [0.2, 0.25) is 0 Å². The maximum atomic E-state index is 5.55. The molecule has 10 heavy (non-hydrogen) atoms. The summed E-state index contributed by atoms with van der Waals surface area (Å²) in [6.45, 7) is 2.17. The highest BCUT2D eigenvalue weighted by Gasteiger charge is 2.03. The second-order valence-corrected chi connectivity index (χ2v) is 2.86. The maximum Gasteiger partial charge on any atom is 0.0571 e. The van der Waals surface area contributed by atoms with Crippen LogP contribution in [-0.2, 0) is 4.74 Å². The largest absolute Gasteiger partial charge is 0.381 e. The Labute approximate surface area is 68.7 Å². The number of halogens is 1. The lowest BCUT2D eigenvalue weighted by molar-refractivity contribution is 0.0869. The van der Waals surface area contributed by atoms with Gasteiger partial charge in [-0.3, -0.25) is 0 Å². The number of rotatable bonds is 6. The third-order valence-corrected chi connectivity index (χ3v) is 1.87. The predicted octanol–water partition coefficient (Wildman–Crippen LogP) is 2.82. The van der Waals surface area contributed by atoms with Crippen LogP contribution in [-0.4, -0.2) is 19.1 Å². The number of alkyl halides is 1. The van der Waals surface area contributed by atoms with E-state index in [0.717, 1.165) is 25.1 Å². The molecule has 0 radical (unpaired) electrons. The van der Waals surface area contributed by atoms with Crippen molar-refractivity contribution in [3.8, 4) is 0 Å². The van der Waals surface area contributed by atoms with Crippen molar-refractivity contribution in [2.75, 3.05) is 13.0 Å². The molecule has 1 nitrogen and oxygen atoms in total. The molecule has 0 fully saturated rings. The van der Waals surface area contributed by atoms with E-state index in [-0.39, 0.29) is 0 Å². The lowest BCUT2D eigenvalue weighted by Gasteiger charge is -2.12. The highest BCUT2D eigenvalue weighted by molar-refractivity contribution is 6.17. The third-order valence-electron chi connectivity index (χ3n) is 1.60. The average molecular weight is 165 g/mol. The molecule has 0 heterocycles. The second-order valence-electron chi connectivity index (χ2n) is 2.48. The first-order valence-corrected chi connectivity index (χ1v) is 4.47. The first-order chi connectivity index (χ1) is 4.85. The van der Waals surface area contributed by atoms with Gasteiger partial charge >= 0.3 is 0 Å². The van der Waals surface area contributed by atoms with E-state index >= 15 is 0 Å². The van der Waals surface area contributed by atoms with Crippen molar-refractivity contribution in [2.24, 2.45) is 0 Å². The minimum atomic E-state index is 0.434. The fourth-order valence-corrected chi connectivity index (χ4v) is 1.16. The highest BCUT2D eigenvalue weighted by atomic mass is 35.5. The number of methoxy groups -OCH3 is 1. The van der Waals surface area contributed by atoms with Crippen LogP contribution in [0.2, 0.25) is 0 Å². The van der Waals surface area contributed by atoms with Crippen LogP contribution >= 0.6 is 11.6 Å². The average Bonchev–Trinajstić information content (AvgIpc) is 1.98. The minimum Gasteiger partial charge on any atom is -0.381 e. The van der Waals surface area contributed by atoms with Crippen LogP contribution in [0.5, 0.6) is 0 Å². The number of hydrogen-bond acceptors (Lipinski definition) is 1. The molecular weight excluding hydrogens is 148 g/mol. The van der Waals surface area contributed by atoms with Crippen LogP contribution in [0.15, 0.2) is 0 Å². The van der Waals surface area contributed by atoms with Gasteiger partial charge in [-0.25, -0.2) is 0 Å². The first kappa shape index (κ1) is 10.2. The van der Waals surface area contributed by atoms with Crippen LogP contribution < -0.4 is 0 Å². The van der Waals surface area contributed by atoms with Gasteiger partial charge in [-0.2, -0.15) is 0 Å². The summed E-state index contributed by atoms with van der Waals surface area (Å²) in [6, 6.07) is 0. The fourth-order valence-electron chi connectivity index (χ4n) is 1.01. The molecule has 0 aromatic heterocycles. The van der Waals surface area contributed by atoms with E-state index in [1.807, 2.05) is 0 Å². The lowest BCUT2D eigenvalue weighted by Crippen LogP contribution is -2.09. The Balaban J connectivity index is 3.21. The van der Waals surface area contributed by atoms with Crippen molar-refractivity contribution in [1.82, 2.24) is 0 Å². The van der Waals surface area contributed by atoms with Gasteiger partial charge < -0.3 is 4.74 Å². The Hall–Kier alpha value is 0.250. The normalized spacial score (nSPS) is 13.5. The van der Waals surface area contributed by atoms with Gasteiger partial charge in [0.15, 0.2) is 0 Å². The summed E-state index contributed by atoms with van der Waals surface area (Å²) in [7, 11) is 1.77. The molecule has 0 aliphatic rings. The van der Waals surface area contributed by atoms with Gasteiger partial charge in [0.1, 0.15) is 0 Å². The third kappa shape index (κ3) is 5.07. The summed E-state index contributed by atoms with van der Waals surface area (Å²) < 4.78 is 5.23.